The Labute approximate surface area is 181 Å². The molecule has 0 radical (unpaired) electrons. The molecule has 1 aliphatic heterocycles. The van der Waals surface area contributed by atoms with Crippen LogP contribution < -0.4 is 5.32 Å². The molecule has 3 aromatic rings. The van der Waals surface area contributed by atoms with Crippen LogP contribution in [0.15, 0.2) is 23.7 Å². The zero-order chi connectivity index (χ0) is 21.3. The molecule has 5 nitrogen and oxygen atoms in total. The minimum atomic E-state index is -4.19. The highest BCUT2D eigenvalue weighted by atomic mass is 32.1. The van der Waals surface area contributed by atoms with Crippen molar-refractivity contribution in [1.29, 1.82) is 0 Å². The molecule has 0 aliphatic carbocycles. The molecule has 30 heavy (non-hydrogen) atoms. The van der Waals surface area contributed by atoms with Gasteiger partial charge in [-0.25, -0.2) is 15.0 Å². The summed E-state index contributed by atoms with van der Waals surface area (Å²) in [4.78, 5) is 16.0. The van der Waals surface area contributed by atoms with Crippen LogP contribution in [0.4, 0.5) is 24.1 Å². The van der Waals surface area contributed by atoms with Gasteiger partial charge in [0.2, 0.25) is 0 Å². The van der Waals surface area contributed by atoms with E-state index in [1.165, 1.54) is 16.2 Å². The van der Waals surface area contributed by atoms with Crippen LogP contribution in [0.25, 0.3) is 10.6 Å². The second-order valence-electron chi connectivity index (χ2n) is 7.39. The van der Waals surface area contributed by atoms with Crippen LogP contribution in [-0.2, 0) is 6.54 Å². The van der Waals surface area contributed by atoms with E-state index in [-0.39, 0.29) is 13.0 Å². The summed E-state index contributed by atoms with van der Waals surface area (Å²) in [5, 5.41) is 6.86. The van der Waals surface area contributed by atoms with Crippen LogP contribution in [-0.4, -0.2) is 38.6 Å². The minimum absolute atomic E-state index is 0.168. The van der Waals surface area contributed by atoms with E-state index in [1.807, 2.05) is 25.3 Å². The number of aryl methyl sites for hydroxylation is 2. The number of pyridine rings is 1. The number of likely N-dealkylation sites (tertiary alicyclic amines) is 1. The third kappa shape index (κ3) is 4.81. The first kappa shape index (κ1) is 21.2. The number of halogens is 3. The van der Waals surface area contributed by atoms with E-state index >= 15 is 0 Å². The lowest BCUT2D eigenvalue weighted by Crippen LogP contribution is -2.48. The fourth-order valence-electron chi connectivity index (χ4n) is 3.69. The summed E-state index contributed by atoms with van der Waals surface area (Å²) < 4.78 is 39.8. The highest BCUT2D eigenvalue weighted by Crippen LogP contribution is 2.34. The van der Waals surface area contributed by atoms with E-state index in [0.717, 1.165) is 33.3 Å². The lowest BCUT2D eigenvalue weighted by atomic mass is 10.0. The first-order valence-corrected chi connectivity index (χ1v) is 11.4. The van der Waals surface area contributed by atoms with Gasteiger partial charge in [-0.2, -0.15) is 13.2 Å². The summed E-state index contributed by atoms with van der Waals surface area (Å²) in [7, 11) is 0. The Morgan fingerprint density at radius 2 is 2.03 bits per heavy atom. The number of nitrogens with one attached hydrogen (secondary N) is 1. The topological polar surface area (TPSA) is 53.9 Å². The molecule has 3 aromatic heterocycles. The maximum atomic E-state index is 13.3. The Kier molecular flexibility index (Phi) is 6.08. The van der Waals surface area contributed by atoms with Crippen molar-refractivity contribution in [2.75, 3.05) is 11.9 Å². The molecule has 0 aromatic carbocycles. The zero-order valence-electron chi connectivity index (χ0n) is 16.7. The standard InChI is InChI=1S/C20H22F3N5S2/c1-12-18(30-13(2)25-12)15-11-29-19(26-15)27-17-7-6-14(9-24-17)10-28-8-4-3-5-16(28)20(21,22)23/h6-7,9,11,16H,3-5,8,10H2,1-2H3,(H,24,26,27)/t16-/m0/s1. The average Bonchev–Trinajstić information content (AvgIpc) is 3.28. The maximum absolute atomic E-state index is 13.3. The van der Waals surface area contributed by atoms with Gasteiger partial charge in [-0.15, -0.1) is 22.7 Å². The van der Waals surface area contributed by atoms with Crippen molar-refractivity contribution in [2.45, 2.75) is 51.9 Å². The summed E-state index contributed by atoms with van der Waals surface area (Å²) in [6.07, 6.45) is -0.965. The molecule has 1 fully saturated rings. The summed E-state index contributed by atoms with van der Waals surface area (Å²) in [5.41, 5.74) is 2.62. The molecule has 160 valence electrons. The molecule has 0 bridgehead atoms. The first-order valence-electron chi connectivity index (χ1n) is 9.72. The molecule has 1 atom stereocenters. The predicted octanol–water partition coefficient (Wildman–Crippen LogP) is 5.94. The molecular formula is C20H22F3N5S2. The van der Waals surface area contributed by atoms with Crippen LogP contribution >= 0.6 is 22.7 Å². The Hall–Kier alpha value is -2.04. The van der Waals surface area contributed by atoms with E-state index < -0.39 is 12.2 Å². The van der Waals surface area contributed by atoms with Gasteiger partial charge in [-0.05, 0) is 44.9 Å². The van der Waals surface area contributed by atoms with Gasteiger partial charge in [0.1, 0.15) is 11.9 Å². The molecule has 10 heteroatoms. The van der Waals surface area contributed by atoms with E-state index in [1.54, 1.807) is 23.6 Å². The van der Waals surface area contributed by atoms with Crippen LogP contribution in [0.1, 0.15) is 35.5 Å². The van der Waals surface area contributed by atoms with Crippen molar-refractivity contribution in [2.24, 2.45) is 0 Å². The fraction of sp³-hybridized carbons (Fsp3) is 0.450. The van der Waals surface area contributed by atoms with Crippen LogP contribution in [0.5, 0.6) is 0 Å². The van der Waals surface area contributed by atoms with Crippen LogP contribution in [0, 0.1) is 13.8 Å². The highest BCUT2D eigenvalue weighted by Gasteiger charge is 2.44. The number of thiazole rings is 2. The molecule has 0 amide bonds. The summed E-state index contributed by atoms with van der Waals surface area (Å²) >= 11 is 3.09. The van der Waals surface area contributed by atoms with Crippen molar-refractivity contribution in [1.82, 2.24) is 19.9 Å². The number of alkyl halides is 3. The predicted molar refractivity (Wildman–Crippen MR) is 114 cm³/mol. The number of anilines is 2. The number of piperidine rings is 1. The zero-order valence-corrected chi connectivity index (χ0v) is 18.3. The molecule has 1 saturated heterocycles. The Morgan fingerprint density at radius 3 is 2.70 bits per heavy atom. The molecule has 0 saturated carbocycles. The quantitative estimate of drug-likeness (QED) is 0.518. The van der Waals surface area contributed by atoms with Crippen molar-refractivity contribution in [3.05, 3.63) is 40.0 Å². The molecule has 0 unspecified atom stereocenters. The SMILES string of the molecule is Cc1nc(C)c(-c2csc(Nc3ccc(CN4CCCC[C@H]4C(F)(F)F)cn3)n2)s1. The van der Waals surface area contributed by atoms with E-state index in [9.17, 15) is 13.2 Å². The van der Waals surface area contributed by atoms with Crippen molar-refractivity contribution >= 4 is 33.6 Å². The fourth-order valence-corrected chi connectivity index (χ4v) is 5.35. The lowest BCUT2D eigenvalue weighted by Gasteiger charge is -2.36. The smallest absolute Gasteiger partial charge is 0.316 e. The van der Waals surface area contributed by atoms with Crippen LogP contribution in [0.3, 0.4) is 0 Å². The molecule has 4 rings (SSSR count). The summed E-state index contributed by atoms with van der Waals surface area (Å²) in [5.74, 6) is 0.614. The third-order valence-corrected chi connectivity index (χ3v) is 6.93. The Bertz CT molecular complexity index is 997. The van der Waals surface area contributed by atoms with Crippen molar-refractivity contribution in [3.8, 4) is 10.6 Å². The second kappa shape index (κ2) is 8.60. The van der Waals surface area contributed by atoms with E-state index in [2.05, 4.69) is 20.3 Å². The van der Waals surface area contributed by atoms with Gasteiger partial charge in [0, 0.05) is 18.1 Å². The summed E-state index contributed by atoms with van der Waals surface area (Å²) in [6, 6.07) is 2.24. The molecule has 4 heterocycles. The van der Waals surface area contributed by atoms with Crippen molar-refractivity contribution < 1.29 is 13.2 Å². The molecule has 0 spiro atoms. The molecule has 1 aliphatic rings. The normalized spacial score (nSPS) is 18.0. The number of nitrogens with zero attached hydrogens (tertiary/aromatic N) is 4. The maximum Gasteiger partial charge on any atom is 0.404 e. The second-order valence-corrected chi connectivity index (χ2v) is 9.45. The van der Waals surface area contributed by atoms with Gasteiger partial charge in [-0.1, -0.05) is 12.5 Å². The van der Waals surface area contributed by atoms with E-state index in [4.69, 9.17) is 0 Å². The van der Waals surface area contributed by atoms with Crippen molar-refractivity contribution in [3.63, 3.8) is 0 Å². The number of rotatable bonds is 5. The number of hydrogen-bond donors (Lipinski definition) is 1. The van der Waals surface area contributed by atoms with Gasteiger partial charge in [-0.3, -0.25) is 4.90 Å². The average molecular weight is 454 g/mol. The van der Waals surface area contributed by atoms with Gasteiger partial charge in [0.15, 0.2) is 5.13 Å². The summed E-state index contributed by atoms with van der Waals surface area (Å²) in [6.45, 7) is 4.65. The van der Waals surface area contributed by atoms with Gasteiger partial charge >= 0.3 is 6.18 Å². The van der Waals surface area contributed by atoms with Crippen LogP contribution in [0.2, 0.25) is 0 Å². The Balaban J connectivity index is 1.41. The van der Waals surface area contributed by atoms with Gasteiger partial charge in [0.25, 0.3) is 0 Å². The lowest BCUT2D eigenvalue weighted by molar-refractivity contribution is -0.192. The minimum Gasteiger partial charge on any atom is -0.316 e. The van der Waals surface area contributed by atoms with E-state index in [0.29, 0.717) is 23.9 Å². The van der Waals surface area contributed by atoms with Gasteiger partial charge < -0.3 is 5.32 Å². The first-order chi connectivity index (χ1) is 14.3. The van der Waals surface area contributed by atoms with Gasteiger partial charge in [0.05, 0.1) is 21.3 Å². The molecule has 1 N–H and O–H groups in total. The highest BCUT2D eigenvalue weighted by molar-refractivity contribution is 7.16. The molecular weight excluding hydrogens is 431 g/mol. The largest absolute Gasteiger partial charge is 0.404 e. The Morgan fingerprint density at radius 1 is 1.20 bits per heavy atom. The monoisotopic (exact) mass is 453 g/mol. The number of aromatic nitrogens is 3. The third-order valence-electron chi connectivity index (χ3n) is 5.08. The number of hydrogen-bond acceptors (Lipinski definition) is 7.